The van der Waals surface area contributed by atoms with Gasteiger partial charge < -0.3 is 10.1 Å². The van der Waals surface area contributed by atoms with Gasteiger partial charge in [0.15, 0.2) is 6.10 Å². The summed E-state index contributed by atoms with van der Waals surface area (Å²) in [6.45, 7) is 5.85. The van der Waals surface area contributed by atoms with Crippen LogP contribution < -0.4 is 5.32 Å². The Hall–Kier alpha value is -1.43. The van der Waals surface area contributed by atoms with Gasteiger partial charge in [0, 0.05) is 11.0 Å². The van der Waals surface area contributed by atoms with Crippen molar-refractivity contribution in [3.63, 3.8) is 0 Å². The van der Waals surface area contributed by atoms with E-state index in [1.807, 2.05) is 13.8 Å². The van der Waals surface area contributed by atoms with Crippen LogP contribution in [0.4, 0.5) is 4.39 Å². The smallest absolute Gasteiger partial charge is 0.341 e. The molecule has 0 saturated carbocycles. The maximum atomic E-state index is 13.6. The number of hydrogen-bond donors (Lipinski definition) is 1. The SMILES string of the molecule is CC(C)CNC(=O)[C@H](C)OC(=O)c1ccc(Br)cc1F. The van der Waals surface area contributed by atoms with Crippen molar-refractivity contribution in [1.29, 1.82) is 0 Å². The van der Waals surface area contributed by atoms with Gasteiger partial charge in [0.1, 0.15) is 5.82 Å². The van der Waals surface area contributed by atoms with Crippen LogP contribution in [0.1, 0.15) is 31.1 Å². The van der Waals surface area contributed by atoms with Gasteiger partial charge in [-0.15, -0.1) is 0 Å². The van der Waals surface area contributed by atoms with E-state index >= 15 is 0 Å². The predicted octanol–water partition coefficient (Wildman–Crippen LogP) is 2.91. The Balaban J connectivity index is 2.63. The lowest BCUT2D eigenvalue weighted by atomic mass is 10.2. The van der Waals surface area contributed by atoms with Crippen LogP contribution in [0.5, 0.6) is 0 Å². The Morgan fingerprint density at radius 2 is 2.00 bits per heavy atom. The first kappa shape index (κ1) is 16.6. The molecule has 6 heteroatoms. The molecule has 4 nitrogen and oxygen atoms in total. The number of benzene rings is 1. The van der Waals surface area contributed by atoms with Gasteiger partial charge in [0.25, 0.3) is 5.91 Å². The van der Waals surface area contributed by atoms with Gasteiger partial charge in [-0.05, 0) is 31.0 Å². The molecule has 0 aliphatic heterocycles. The second-order valence-corrected chi connectivity index (χ2v) is 5.73. The molecule has 0 bridgehead atoms. The second-order valence-electron chi connectivity index (χ2n) is 4.81. The molecule has 1 aromatic carbocycles. The monoisotopic (exact) mass is 345 g/mol. The number of amides is 1. The third-order valence-electron chi connectivity index (χ3n) is 2.49. The van der Waals surface area contributed by atoms with Gasteiger partial charge >= 0.3 is 5.97 Å². The zero-order valence-corrected chi connectivity index (χ0v) is 13.2. The molecule has 0 aromatic heterocycles. The topological polar surface area (TPSA) is 55.4 Å². The molecule has 110 valence electrons. The van der Waals surface area contributed by atoms with Crippen molar-refractivity contribution in [3.05, 3.63) is 34.1 Å². The maximum absolute atomic E-state index is 13.6. The van der Waals surface area contributed by atoms with E-state index in [1.165, 1.54) is 25.1 Å². The van der Waals surface area contributed by atoms with E-state index in [2.05, 4.69) is 21.2 Å². The Kier molecular flexibility index (Phi) is 6.13. The van der Waals surface area contributed by atoms with Crippen molar-refractivity contribution in [2.24, 2.45) is 5.92 Å². The van der Waals surface area contributed by atoms with Crippen LogP contribution in [0.15, 0.2) is 22.7 Å². The molecule has 1 aromatic rings. The van der Waals surface area contributed by atoms with Gasteiger partial charge in [0.2, 0.25) is 0 Å². The Morgan fingerprint density at radius 1 is 1.35 bits per heavy atom. The minimum Gasteiger partial charge on any atom is -0.449 e. The van der Waals surface area contributed by atoms with Crippen molar-refractivity contribution in [2.75, 3.05) is 6.54 Å². The summed E-state index contributed by atoms with van der Waals surface area (Å²) in [6.07, 6.45) is -0.968. The summed E-state index contributed by atoms with van der Waals surface area (Å²) >= 11 is 3.10. The van der Waals surface area contributed by atoms with Crippen LogP contribution in [0.2, 0.25) is 0 Å². The maximum Gasteiger partial charge on any atom is 0.341 e. The number of rotatable bonds is 5. The number of hydrogen-bond acceptors (Lipinski definition) is 3. The molecule has 0 spiro atoms. The van der Waals surface area contributed by atoms with Crippen LogP contribution >= 0.6 is 15.9 Å². The summed E-state index contributed by atoms with van der Waals surface area (Å²) in [5, 5.41) is 2.65. The van der Waals surface area contributed by atoms with Crippen LogP contribution in [0.25, 0.3) is 0 Å². The highest BCUT2D eigenvalue weighted by Crippen LogP contribution is 2.16. The molecule has 0 radical (unpaired) electrons. The van der Waals surface area contributed by atoms with Crippen LogP contribution in [-0.4, -0.2) is 24.5 Å². The summed E-state index contributed by atoms with van der Waals surface area (Å²) in [5.41, 5.74) is -0.197. The molecule has 0 fully saturated rings. The zero-order chi connectivity index (χ0) is 15.3. The first-order valence-corrected chi connectivity index (χ1v) is 7.04. The lowest BCUT2D eigenvalue weighted by Gasteiger charge is -2.14. The fraction of sp³-hybridized carbons (Fsp3) is 0.429. The van der Waals surface area contributed by atoms with E-state index in [4.69, 9.17) is 4.74 Å². The number of halogens is 2. The highest BCUT2D eigenvalue weighted by Gasteiger charge is 2.21. The number of nitrogens with one attached hydrogen (secondary N) is 1. The van der Waals surface area contributed by atoms with Crippen molar-refractivity contribution in [2.45, 2.75) is 26.9 Å². The van der Waals surface area contributed by atoms with Crippen molar-refractivity contribution in [1.82, 2.24) is 5.32 Å². The molecule has 20 heavy (non-hydrogen) atoms. The number of carbonyl (C=O) groups excluding carboxylic acids is 2. The molecule has 1 N–H and O–H groups in total. The molecule has 0 saturated heterocycles. The van der Waals surface area contributed by atoms with Crippen molar-refractivity contribution < 1.29 is 18.7 Å². The lowest BCUT2D eigenvalue weighted by Crippen LogP contribution is -2.37. The van der Waals surface area contributed by atoms with E-state index < -0.39 is 23.8 Å². The third kappa shape index (κ3) is 4.92. The second kappa shape index (κ2) is 7.38. The quantitative estimate of drug-likeness (QED) is 0.834. The van der Waals surface area contributed by atoms with Crippen molar-refractivity contribution in [3.8, 4) is 0 Å². The number of esters is 1. The molecule has 0 unspecified atom stereocenters. The lowest BCUT2D eigenvalue weighted by molar-refractivity contribution is -0.129. The molecular weight excluding hydrogens is 329 g/mol. The summed E-state index contributed by atoms with van der Waals surface area (Å²) in [5.74, 6) is -1.66. The number of ether oxygens (including phenoxy) is 1. The predicted molar refractivity (Wildman–Crippen MR) is 76.8 cm³/mol. The standard InChI is InChI=1S/C14H17BrFNO3/c1-8(2)7-17-13(18)9(3)20-14(19)11-5-4-10(15)6-12(11)16/h4-6,8-9H,7H2,1-3H3,(H,17,18)/t9-/m0/s1. The van der Waals surface area contributed by atoms with Crippen LogP contribution in [0.3, 0.4) is 0 Å². The largest absolute Gasteiger partial charge is 0.449 e. The summed E-state index contributed by atoms with van der Waals surface area (Å²) in [6, 6.07) is 4.00. The molecule has 1 amide bonds. The van der Waals surface area contributed by atoms with E-state index in [0.29, 0.717) is 16.9 Å². The van der Waals surface area contributed by atoms with Crippen LogP contribution in [-0.2, 0) is 9.53 Å². The average Bonchev–Trinajstić information content (AvgIpc) is 2.35. The summed E-state index contributed by atoms with van der Waals surface area (Å²) in [7, 11) is 0. The van der Waals surface area contributed by atoms with Gasteiger partial charge in [0.05, 0.1) is 5.56 Å². The molecule has 1 rings (SSSR count). The van der Waals surface area contributed by atoms with Gasteiger partial charge in [-0.1, -0.05) is 29.8 Å². The molecular formula is C14H17BrFNO3. The van der Waals surface area contributed by atoms with E-state index in [1.54, 1.807) is 0 Å². The van der Waals surface area contributed by atoms with Crippen molar-refractivity contribution >= 4 is 27.8 Å². The summed E-state index contributed by atoms with van der Waals surface area (Å²) in [4.78, 5) is 23.4. The molecule has 0 aliphatic carbocycles. The van der Waals surface area contributed by atoms with Gasteiger partial charge in [-0.2, -0.15) is 0 Å². The third-order valence-corrected chi connectivity index (χ3v) is 2.98. The normalized spacial score (nSPS) is 12.1. The van der Waals surface area contributed by atoms with E-state index in [9.17, 15) is 14.0 Å². The molecule has 0 aliphatic rings. The molecule has 0 heterocycles. The van der Waals surface area contributed by atoms with Crippen LogP contribution in [0, 0.1) is 11.7 Å². The Bertz CT molecular complexity index is 505. The fourth-order valence-electron chi connectivity index (χ4n) is 1.38. The fourth-order valence-corrected chi connectivity index (χ4v) is 1.71. The number of carbonyl (C=O) groups is 2. The van der Waals surface area contributed by atoms with Gasteiger partial charge in [-0.25, -0.2) is 9.18 Å². The Morgan fingerprint density at radius 3 is 2.55 bits per heavy atom. The zero-order valence-electron chi connectivity index (χ0n) is 11.6. The first-order valence-electron chi connectivity index (χ1n) is 6.25. The van der Waals surface area contributed by atoms with E-state index in [0.717, 1.165) is 0 Å². The molecule has 1 atom stereocenters. The first-order chi connectivity index (χ1) is 9.31. The minimum absolute atomic E-state index is 0.197. The summed E-state index contributed by atoms with van der Waals surface area (Å²) < 4.78 is 19.0. The van der Waals surface area contributed by atoms with Gasteiger partial charge in [-0.3, -0.25) is 4.79 Å². The highest BCUT2D eigenvalue weighted by molar-refractivity contribution is 9.10. The minimum atomic E-state index is -0.968. The average molecular weight is 346 g/mol. The van der Waals surface area contributed by atoms with E-state index in [-0.39, 0.29) is 5.56 Å². The highest BCUT2D eigenvalue weighted by atomic mass is 79.9. The Labute approximate surface area is 125 Å².